The van der Waals surface area contributed by atoms with Crippen molar-refractivity contribution in [1.29, 1.82) is 0 Å². The molecule has 2 N–H and O–H groups in total. The first-order valence-corrected chi connectivity index (χ1v) is 7.57. The summed E-state index contributed by atoms with van der Waals surface area (Å²) in [7, 11) is 1.84. The minimum Gasteiger partial charge on any atom is -0.373 e. The molecule has 1 atom stereocenters. The largest absolute Gasteiger partial charge is 0.373 e. The third-order valence-corrected chi connectivity index (χ3v) is 3.74. The highest BCUT2D eigenvalue weighted by molar-refractivity contribution is 6.09. The topological polar surface area (TPSA) is 54.0 Å². The number of aromatic nitrogens is 1. The maximum absolute atomic E-state index is 12.5. The van der Waals surface area contributed by atoms with Gasteiger partial charge < -0.3 is 10.6 Å². The van der Waals surface area contributed by atoms with Gasteiger partial charge in [0.2, 0.25) is 0 Å². The summed E-state index contributed by atoms with van der Waals surface area (Å²) in [6, 6.07) is 8.08. The van der Waals surface area contributed by atoms with Crippen LogP contribution in [0, 0.1) is 0 Å². The number of nitrogens with one attached hydrogen (secondary N) is 2. The van der Waals surface area contributed by atoms with Crippen LogP contribution in [0.4, 0.5) is 5.82 Å². The second-order valence-corrected chi connectivity index (χ2v) is 5.18. The monoisotopic (exact) mass is 285 g/mol. The third-order valence-electron chi connectivity index (χ3n) is 3.74. The highest BCUT2D eigenvalue weighted by atomic mass is 16.1. The van der Waals surface area contributed by atoms with Gasteiger partial charge in [-0.3, -0.25) is 4.79 Å². The summed E-state index contributed by atoms with van der Waals surface area (Å²) in [5.41, 5.74) is 0.638. The maximum Gasteiger partial charge on any atom is 0.253 e. The van der Waals surface area contributed by atoms with E-state index in [9.17, 15) is 4.79 Å². The van der Waals surface area contributed by atoms with Crippen LogP contribution in [0.15, 0.2) is 30.5 Å². The fourth-order valence-corrected chi connectivity index (χ4v) is 2.56. The fraction of sp³-hybridized carbons (Fsp3) is 0.412. The molecule has 2 rings (SSSR count). The van der Waals surface area contributed by atoms with Crippen molar-refractivity contribution in [3.05, 3.63) is 36.0 Å². The summed E-state index contributed by atoms with van der Waals surface area (Å²) in [5, 5.41) is 8.08. The maximum atomic E-state index is 12.5. The van der Waals surface area contributed by atoms with Crippen LogP contribution >= 0.6 is 0 Å². The van der Waals surface area contributed by atoms with Crippen molar-refractivity contribution < 1.29 is 4.79 Å². The minimum absolute atomic E-state index is 0.0401. The van der Waals surface area contributed by atoms with Crippen molar-refractivity contribution in [1.82, 2.24) is 10.3 Å². The lowest BCUT2D eigenvalue weighted by Crippen LogP contribution is -2.34. The molecule has 0 aliphatic carbocycles. The van der Waals surface area contributed by atoms with Gasteiger partial charge in [0.1, 0.15) is 5.82 Å². The Bertz CT molecular complexity index is 624. The lowest BCUT2D eigenvalue weighted by Gasteiger charge is -2.17. The normalized spacial score (nSPS) is 12.1. The number of carbonyl (C=O) groups is 1. The number of rotatable bonds is 6. The Kier molecular flexibility index (Phi) is 5.14. The number of benzene rings is 1. The molecule has 1 heterocycles. The Morgan fingerprint density at radius 1 is 1.24 bits per heavy atom. The van der Waals surface area contributed by atoms with Crippen LogP contribution in [0.25, 0.3) is 10.8 Å². The van der Waals surface area contributed by atoms with E-state index in [4.69, 9.17) is 0 Å². The van der Waals surface area contributed by atoms with Crippen molar-refractivity contribution >= 4 is 22.5 Å². The molecular formula is C17H23N3O. The second kappa shape index (κ2) is 7.07. The molecule has 0 saturated heterocycles. The Morgan fingerprint density at radius 3 is 2.57 bits per heavy atom. The average Bonchev–Trinajstić information content (AvgIpc) is 2.53. The quantitative estimate of drug-likeness (QED) is 0.853. The lowest BCUT2D eigenvalue weighted by atomic mass is 10.0. The molecule has 0 spiro atoms. The molecule has 1 unspecified atom stereocenters. The summed E-state index contributed by atoms with van der Waals surface area (Å²) in [6.45, 7) is 4.23. The van der Waals surface area contributed by atoms with Gasteiger partial charge in [0.25, 0.3) is 5.91 Å². The molecule has 0 fully saturated rings. The Hall–Kier alpha value is -2.10. The molecule has 2 aromatic rings. The van der Waals surface area contributed by atoms with Crippen molar-refractivity contribution in [3.8, 4) is 0 Å². The van der Waals surface area contributed by atoms with E-state index in [-0.39, 0.29) is 11.9 Å². The summed E-state index contributed by atoms with van der Waals surface area (Å²) < 4.78 is 0. The van der Waals surface area contributed by atoms with Crippen LogP contribution in [0.2, 0.25) is 0 Å². The molecule has 0 radical (unpaired) electrons. The predicted molar refractivity (Wildman–Crippen MR) is 87.7 cm³/mol. The molecule has 4 nitrogen and oxygen atoms in total. The van der Waals surface area contributed by atoms with Gasteiger partial charge in [-0.1, -0.05) is 44.5 Å². The number of pyridine rings is 1. The molecule has 0 aliphatic rings. The van der Waals surface area contributed by atoms with E-state index in [1.165, 1.54) is 0 Å². The molecule has 0 aliphatic heterocycles. The van der Waals surface area contributed by atoms with Gasteiger partial charge in [0.05, 0.1) is 5.56 Å². The summed E-state index contributed by atoms with van der Waals surface area (Å²) in [5.74, 6) is 0.754. The SMILES string of the molecule is CCCC(CC)NC(=O)c1cnc(NC)c2ccccc12. The highest BCUT2D eigenvalue weighted by Crippen LogP contribution is 2.24. The van der Waals surface area contributed by atoms with E-state index in [0.717, 1.165) is 35.9 Å². The summed E-state index contributed by atoms with van der Waals surface area (Å²) >= 11 is 0. The van der Waals surface area contributed by atoms with Crippen molar-refractivity contribution in [2.45, 2.75) is 39.2 Å². The zero-order valence-electron chi connectivity index (χ0n) is 12.9. The van der Waals surface area contributed by atoms with Gasteiger partial charge in [-0.05, 0) is 18.2 Å². The third kappa shape index (κ3) is 3.32. The molecule has 0 saturated carbocycles. The summed E-state index contributed by atoms with van der Waals surface area (Å²) in [6.07, 6.45) is 4.67. The Morgan fingerprint density at radius 2 is 1.95 bits per heavy atom. The molecule has 1 amide bonds. The van der Waals surface area contributed by atoms with E-state index in [2.05, 4.69) is 29.5 Å². The Labute approximate surface area is 126 Å². The van der Waals surface area contributed by atoms with Crippen LogP contribution in [0.1, 0.15) is 43.5 Å². The van der Waals surface area contributed by atoms with Crippen molar-refractivity contribution in [2.24, 2.45) is 0 Å². The Balaban J connectivity index is 2.36. The van der Waals surface area contributed by atoms with Crippen LogP contribution in [-0.4, -0.2) is 24.0 Å². The number of hydrogen-bond acceptors (Lipinski definition) is 3. The molecule has 21 heavy (non-hydrogen) atoms. The van der Waals surface area contributed by atoms with Crippen LogP contribution < -0.4 is 10.6 Å². The van der Waals surface area contributed by atoms with Crippen LogP contribution in [0.3, 0.4) is 0 Å². The van der Waals surface area contributed by atoms with Gasteiger partial charge in [-0.25, -0.2) is 4.98 Å². The standard InChI is InChI=1S/C17H23N3O/c1-4-8-12(5-2)20-17(21)15-11-19-16(18-3)14-10-7-6-9-13(14)15/h6-7,9-12H,4-5,8H2,1-3H3,(H,18,19)(H,20,21). The average molecular weight is 285 g/mol. The van der Waals surface area contributed by atoms with E-state index >= 15 is 0 Å². The van der Waals surface area contributed by atoms with Gasteiger partial charge in [0, 0.05) is 24.7 Å². The lowest BCUT2D eigenvalue weighted by molar-refractivity contribution is 0.0935. The van der Waals surface area contributed by atoms with Gasteiger partial charge in [-0.15, -0.1) is 0 Å². The molecule has 1 aromatic heterocycles. The van der Waals surface area contributed by atoms with Gasteiger partial charge in [0.15, 0.2) is 0 Å². The van der Waals surface area contributed by atoms with E-state index in [0.29, 0.717) is 5.56 Å². The molecule has 4 heteroatoms. The van der Waals surface area contributed by atoms with Crippen molar-refractivity contribution in [3.63, 3.8) is 0 Å². The molecule has 1 aromatic carbocycles. The number of amides is 1. The zero-order valence-corrected chi connectivity index (χ0v) is 12.9. The van der Waals surface area contributed by atoms with E-state index < -0.39 is 0 Å². The number of hydrogen-bond donors (Lipinski definition) is 2. The summed E-state index contributed by atoms with van der Waals surface area (Å²) in [4.78, 5) is 16.9. The first kappa shape index (κ1) is 15.3. The highest BCUT2D eigenvalue weighted by Gasteiger charge is 2.15. The number of nitrogens with zero attached hydrogens (tertiary/aromatic N) is 1. The van der Waals surface area contributed by atoms with Crippen LogP contribution in [0.5, 0.6) is 0 Å². The van der Waals surface area contributed by atoms with Gasteiger partial charge in [-0.2, -0.15) is 0 Å². The first-order chi connectivity index (χ1) is 10.2. The smallest absolute Gasteiger partial charge is 0.253 e. The minimum atomic E-state index is -0.0401. The second-order valence-electron chi connectivity index (χ2n) is 5.18. The van der Waals surface area contributed by atoms with Crippen LogP contribution in [-0.2, 0) is 0 Å². The fourth-order valence-electron chi connectivity index (χ4n) is 2.56. The number of fused-ring (bicyclic) bond motifs is 1. The van der Waals surface area contributed by atoms with Gasteiger partial charge >= 0.3 is 0 Å². The van der Waals surface area contributed by atoms with E-state index in [1.807, 2.05) is 31.3 Å². The molecular weight excluding hydrogens is 262 g/mol. The number of anilines is 1. The molecule has 112 valence electrons. The van der Waals surface area contributed by atoms with E-state index in [1.54, 1.807) is 6.20 Å². The number of carbonyl (C=O) groups excluding carboxylic acids is 1. The zero-order chi connectivity index (χ0) is 15.2. The van der Waals surface area contributed by atoms with Crippen molar-refractivity contribution in [2.75, 3.05) is 12.4 Å². The predicted octanol–water partition coefficient (Wildman–Crippen LogP) is 3.59. The first-order valence-electron chi connectivity index (χ1n) is 7.57. The molecule has 0 bridgehead atoms.